The van der Waals surface area contributed by atoms with Crippen LogP contribution in [-0.2, 0) is 6.67 Å². The summed E-state index contributed by atoms with van der Waals surface area (Å²) in [6, 6.07) is 3.83. The van der Waals surface area contributed by atoms with Gasteiger partial charge in [0.05, 0.1) is 5.69 Å². The number of hydrogen-bond donors (Lipinski definition) is 0. The van der Waals surface area contributed by atoms with Crippen molar-refractivity contribution in [3.63, 3.8) is 0 Å². The highest BCUT2D eigenvalue weighted by molar-refractivity contribution is 5.68. The monoisotopic (exact) mass is 177 g/mol. The summed E-state index contributed by atoms with van der Waals surface area (Å²) in [5, 5.41) is 0. The van der Waals surface area contributed by atoms with E-state index in [0.29, 0.717) is 5.69 Å². The molecule has 2 heteroatoms. The second kappa shape index (κ2) is 3.69. The fourth-order valence-electron chi connectivity index (χ4n) is 1.75. The van der Waals surface area contributed by atoms with E-state index in [1.54, 1.807) is 6.20 Å². The Morgan fingerprint density at radius 3 is 3.08 bits per heavy atom. The van der Waals surface area contributed by atoms with Gasteiger partial charge in [-0.05, 0) is 30.9 Å². The van der Waals surface area contributed by atoms with Crippen molar-refractivity contribution >= 4 is 5.57 Å². The van der Waals surface area contributed by atoms with Crippen molar-refractivity contribution in [2.75, 3.05) is 0 Å². The highest BCUT2D eigenvalue weighted by Crippen LogP contribution is 2.29. The van der Waals surface area contributed by atoms with E-state index >= 15 is 0 Å². The van der Waals surface area contributed by atoms with Crippen LogP contribution >= 0.6 is 0 Å². The third kappa shape index (κ3) is 1.62. The molecule has 0 spiro atoms. The molecule has 0 atom stereocenters. The molecule has 1 aliphatic rings. The van der Waals surface area contributed by atoms with Gasteiger partial charge in [-0.3, -0.25) is 4.98 Å². The molecule has 0 fully saturated rings. The number of rotatable bonds is 2. The summed E-state index contributed by atoms with van der Waals surface area (Å²) in [6.07, 6.45) is 7.22. The van der Waals surface area contributed by atoms with Crippen LogP contribution in [0.1, 0.15) is 30.5 Å². The fraction of sp³-hybridized carbons (Fsp3) is 0.364. The zero-order valence-electron chi connectivity index (χ0n) is 7.46. The number of alkyl halides is 1. The van der Waals surface area contributed by atoms with Gasteiger partial charge in [-0.2, -0.15) is 0 Å². The van der Waals surface area contributed by atoms with Crippen LogP contribution in [0.15, 0.2) is 24.4 Å². The Labute approximate surface area is 77.3 Å². The van der Waals surface area contributed by atoms with E-state index in [1.807, 2.05) is 12.1 Å². The van der Waals surface area contributed by atoms with Crippen molar-refractivity contribution in [2.45, 2.75) is 25.9 Å². The Kier molecular flexibility index (Phi) is 2.39. The molecule has 0 N–H and O–H groups in total. The van der Waals surface area contributed by atoms with Gasteiger partial charge in [-0.25, -0.2) is 4.39 Å². The number of aromatic nitrogens is 1. The van der Waals surface area contributed by atoms with Gasteiger partial charge >= 0.3 is 0 Å². The van der Waals surface area contributed by atoms with E-state index in [1.165, 1.54) is 12.0 Å². The predicted octanol–water partition coefficient (Wildman–Crippen LogP) is 3.12. The van der Waals surface area contributed by atoms with Crippen molar-refractivity contribution < 1.29 is 4.39 Å². The quantitative estimate of drug-likeness (QED) is 0.676. The average Bonchev–Trinajstić information content (AvgIpc) is 2.70. The zero-order chi connectivity index (χ0) is 9.10. The summed E-state index contributed by atoms with van der Waals surface area (Å²) >= 11 is 0. The normalized spacial score (nSPS) is 15.9. The minimum Gasteiger partial charge on any atom is -0.258 e. The molecule has 0 saturated carbocycles. The number of halogens is 1. The standard InChI is InChI=1S/C11H12FN/c12-8-11-10(6-3-7-13-11)9-4-1-2-5-9/h3-4,6-7H,1-2,5,8H2. The lowest BCUT2D eigenvalue weighted by molar-refractivity contribution is 0.475. The van der Waals surface area contributed by atoms with Gasteiger partial charge in [-0.1, -0.05) is 12.1 Å². The van der Waals surface area contributed by atoms with Crippen LogP contribution in [0.5, 0.6) is 0 Å². The largest absolute Gasteiger partial charge is 0.258 e. The molecule has 0 aromatic carbocycles. The first-order chi connectivity index (χ1) is 6.42. The van der Waals surface area contributed by atoms with Crippen molar-refractivity contribution in [1.82, 2.24) is 4.98 Å². The maximum atomic E-state index is 12.5. The Balaban J connectivity index is 2.38. The molecule has 0 bridgehead atoms. The summed E-state index contributed by atoms with van der Waals surface area (Å²) in [4.78, 5) is 4.03. The van der Waals surface area contributed by atoms with Crippen LogP contribution in [-0.4, -0.2) is 4.98 Å². The van der Waals surface area contributed by atoms with Gasteiger partial charge < -0.3 is 0 Å². The molecule has 1 nitrogen and oxygen atoms in total. The topological polar surface area (TPSA) is 12.9 Å². The summed E-state index contributed by atoms with van der Waals surface area (Å²) in [7, 11) is 0. The van der Waals surface area contributed by atoms with Crippen molar-refractivity contribution in [1.29, 1.82) is 0 Å². The van der Waals surface area contributed by atoms with E-state index in [-0.39, 0.29) is 0 Å². The molecule has 0 unspecified atom stereocenters. The zero-order valence-corrected chi connectivity index (χ0v) is 7.46. The maximum Gasteiger partial charge on any atom is 0.132 e. The van der Waals surface area contributed by atoms with Crippen LogP contribution in [0.4, 0.5) is 4.39 Å². The van der Waals surface area contributed by atoms with E-state index in [2.05, 4.69) is 11.1 Å². The van der Waals surface area contributed by atoms with Gasteiger partial charge in [0.15, 0.2) is 0 Å². The first kappa shape index (κ1) is 8.42. The first-order valence-electron chi connectivity index (χ1n) is 4.61. The number of pyridine rings is 1. The molecule has 1 aliphatic carbocycles. The van der Waals surface area contributed by atoms with Gasteiger partial charge in [0, 0.05) is 11.8 Å². The molecular weight excluding hydrogens is 165 g/mol. The summed E-state index contributed by atoms with van der Waals surface area (Å²) in [5.74, 6) is 0. The molecule has 0 radical (unpaired) electrons. The second-order valence-electron chi connectivity index (χ2n) is 3.25. The smallest absolute Gasteiger partial charge is 0.132 e. The van der Waals surface area contributed by atoms with Crippen LogP contribution in [0.25, 0.3) is 5.57 Å². The van der Waals surface area contributed by atoms with E-state index in [0.717, 1.165) is 18.4 Å². The third-order valence-electron chi connectivity index (χ3n) is 2.40. The number of nitrogens with zero attached hydrogens (tertiary/aromatic N) is 1. The first-order valence-corrected chi connectivity index (χ1v) is 4.61. The van der Waals surface area contributed by atoms with E-state index in [4.69, 9.17) is 0 Å². The molecule has 1 aromatic heterocycles. The predicted molar refractivity (Wildman–Crippen MR) is 50.9 cm³/mol. The fourth-order valence-corrected chi connectivity index (χ4v) is 1.75. The van der Waals surface area contributed by atoms with E-state index < -0.39 is 6.67 Å². The number of allylic oxidation sites excluding steroid dienone is 2. The van der Waals surface area contributed by atoms with Crippen LogP contribution < -0.4 is 0 Å². The SMILES string of the molecule is FCc1ncccc1C1=CCCC1. The molecule has 2 rings (SSSR count). The summed E-state index contributed by atoms with van der Waals surface area (Å²) < 4.78 is 12.5. The number of hydrogen-bond acceptors (Lipinski definition) is 1. The third-order valence-corrected chi connectivity index (χ3v) is 2.40. The molecule has 0 saturated heterocycles. The van der Waals surface area contributed by atoms with Crippen molar-refractivity contribution in [2.24, 2.45) is 0 Å². The maximum absolute atomic E-state index is 12.5. The van der Waals surface area contributed by atoms with Gasteiger partial charge in [-0.15, -0.1) is 0 Å². The van der Waals surface area contributed by atoms with Gasteiger partial charge in [0.1, 0.15) is 6.67 Å². The Morgan fingerprint density at radius 1 is 1.46 bits per heavy atom. The molecular formula is C11H12FN. The van der Waals surface area contributed by atoms with Crippen LogP contribution in [0.2, 0.25) is 0 Å². The Morgan fingerprint density at radius 2 is 2.38 bits per heavy atom. The average molecular weight is 177 g/mol. The van der Waals surface area contributed by atoms with E-state index in [9.17, 15) is 4.39 Å². The minimum atomic E-state index is -0.465. The lowest BCUT2D eigenvalue weighted by atomic mass is 10.0. The second-order valence-corrected chi connectivity index (χ2v) is 3.25. The lowest BCUT2D eigenvalue weighted by Crippen LogP contribution is -1.92. The molecule has 1 heterocycles. The van der Waals surface area contributed by atoms with Gasteiger partial charge in [0.2, 0.25) is 0 Å². The lowest BCUT2D eigenvalue weighted by Gasteiger charge is -2.05. The van der Waals surface area contributed by atoms with Crippen molar-refractivity contribution in [3.8, 4) is 0 Å². The van der Waals surface area contributed by atoms with Crippen LogP contribution in [0.3, 0.4) is 0 Å². The van der Waals surface area contributed by atoms with Crippen molar-refractivity contribution in [3.05, 3.63) is 35.7 Å². The van der Waals surface area contributed by atoms with Gasteiger partial charge in [0.25, 0.3) is 0 Å². The highest BCUT2D eigenvalue weighted by atomic mass is 19.1. The highest BCUT2D eigenvalue weighted by Gasteiger charge is 2.11. The minimum absolute atomic E-state index is 0.465. The summed E-state index contributed by atoms with van der Waals surface area (Å²) in [5.41, 5.74) is 2.85. The molecule has 68 valence electrons. The Bertz CT molecular complexity index is 331. The Hall–Kier alpha value is -1.18. The molecule has 13 heavy (non-hydrogen) atoms. The van der Waals surface area contributed by atoms with Crippen LogP contribution in [0, 0.1) is 0 Å². The summed E-state index contributed by atoms with van der Waals surface area (Å²) in [6.45, 7) is -0.465. The molecule has 1 aromatic rings. The molecule has 0 aliphatic heterocycles. The molecule has 0 amide bonds.